The predicted octanol–water partition coefficient (Wildman–Crippen LogP) is 3.96. The third-order valence-corrected chi connectivity index (χ3v) is 5.60. The molecule has 1 atom stereocenters. The van der Waals surface area contributed by atoms with Crippen molar-refractivity contribution < 1.29 is 0 Å². The van der Waals surface area contributed by atoms with Gasteiger partial charge in [0.15, 0.2) is 0 Å². The first-order chi connectivity index (χ1) is 13.8. The fourth-order valence-corrected chi connectivity index (χ4v) is 4.20. The molecule has 1 aliphatic heterocycles. The van der Waals surface area contributed by atoms with Crippen LogP contribution >= 0.6 is 0 Å². The van der Waals surface area contributed by atoms with E-state index in [-0.39, 0.29) is 6.04 Å². The van der Waals surface area contributed by atoms with Crippen molar-refractivity contribution in [3.05, 3.63) is 96.1 Å². The van der Waals surface area contributed by atoms with E-state index in [0.717, 1.165) is 31.0 Å². The zero-order valence-electron chi connectivity index (χ0n) is 15.9. The molecule has 0 fully saturated rings. The molecular weight excluding hydrogens is 346 g/mol. The van der Waals surface area contributed by atoms with Gasteiger partial charge in [-0.15, -0.1) is 0 Å². The third-order valence-electron chi connectivity index (χ3n) is 5.60. The molecule has 0 bridgehead atoms. The number of rotatable bonds is 4. The molecule has 5 rings (SSSR count). The van der Waals surface area contributed by atoms with Gasteiger partial charge in [0.2, 0.25) is 0 Å². The Hall–Kier alpha value is -3.18. The molecule has 1 N–H and O–H groups in total. The molecular formula is C23H23N5. The second-order valence-electron chi connectivity index (χ2n) is 7.31. The first kappa shape index (κ1) is 17.0. The number of H-pyrrole nitrogens is 1. The van der Waals surface area contributed by atoms with Crippen LogP contribution in [0, 0.1) is 0 Å². The van der Waals surface area contributed by atoms with Crippen molar-refractivity contribution >= 4 is 0 Å². The minimum Gasteiger partial charge on any atom is -0.348 e. The van der Waals surface area contributed by atoms with Crippen LogP contribution in [0.3, 0.4) is 0 Å². The van der Waals surface area contributed by atoms with Crippen molar-refractivity contribution in [2.45, 2.75) is 19.0 Å². The quantitative estimate of drug-likeness (QED) is 0.592. The number of fused-ring (bicyclic) bond motifs is 1. The average molecular weight is 369 g/mol. The van der Waals surface area contributed by atoms with Crippen LogP contribution in [0.2, 0.25) is 0 Å². The van der Waals surface area contributed by atoms with Crippen LogP contribution in [0.1, 0.15) is 28.8 Å². The number of hydrogen-bond acceptors (Lipinski definition) is 3. The third kappa shape index (κ3) is 2.94. The molecule has 5 nitrogen and oxygen atoms in total. The molecule has 3 heterocycles. The summed E-state index contributed by atoms with van der Waals surface area (Å²) in [4.78, 5) is 15.1. The highest BCUT2D eigenvalue weighted by Crippen LogP contribution is 2.35. The average Bonchev–Trinajstić information content (AvgIpc) is 3.38. The summed E-state index contributed by atoms with van der Waals surface area (Å²) in [6.45, 7) is 1.82. The van der Waals surface area contributed by atoms with Gasteiger partial charge in [-0.25, -0.2) is 9.97 Å². The smallest absolute Gasteiger partial charge is 0.132 e. The molecule has 0 saturated heterocycles. The fraction of sp³-hybridized carbons (Fsp3) is 0.217. The molecule has 28 heavy (non-hydrogen) atoms. The lowest BCUT2D eigenvalue weighted by Crippen LogP contribution is -2.37. The van der Waals surface area contributed by atoms with E-state index in [1.807, 2.05) is 18.7 Å². The van der Waals surface area contributed by atoms with Crippen LogP contribution in [0.4, 0.5) is 0 Å². The number of aryl methyl sites for hydroxylation is 1. The van der Waals surface area contributed by atoms with Crippen LogP contribution in [-0.4, -0.2) is 31.0 Å². The van der Waals surface area contributed by atoms with E-state index in [1.54, 1.807) is 0 Å². The summed E-state index contributed by atoms with van der Waals surface area (Å²) in [6.07, 6.45) is 6.66. The van der Waals surface area contributed by atoms with Gasteiger partial charge >= 0.3 is 0 Å². The van der Waals surface area contributed by atoms with E-state index in [1.165, 1.54) is 22.4 Å². The lowest BCUT2D eigenvalue weighted by molar-refractivity contribution is 0.191. The molecule has 0 saturated carbocycles. The first-order valence-electron chi connectivity index (χ1n) is 9.68. The van der Waals surface area contributed by atoms with E-state index in [9.17, 15) is 0 Å². The zero-order valence-corrected chi connectivity index (χ0v) is 15.9. The number of hydrogen-bond donors (Lipinski definition) is 1. The number of benzene rings is 2. The van der Waals surface area contributed by atoms with E-state index in [4.69, 9.17) is 0 Å². The normalized spacial score (nSPS) is 16.8. The molecule has 5 heteroatoms. The summed E-state index contributed by atoms with van der Waals surface area (Å²) in [5.74, 6) is 1.03. The Morgan fingerprint density at radius 3 is 2.68 bits per heavy atom. The Labute approximate surface area is 164 Å². The minimum absolute atomic E-state index is 0.0545. The van der Waals surface area contributed by atoms with Crippen molar-refractivity contribution in [2.24, 2.45) is 7.05 Å². The molecule has 0 unspecified atom stereocenters. The summed E-state index contributed by atoms with van der Waals surface area (Å²) >= 11 is 0. The van der Waals surface area contributed by atoms with Gasteiger partial charge in [0.25, 0.3) is 0 Å². The summed E-state index contributed by atoms with van der Waals surface area (Å²) in [7, 11) is 2.05. The van der Waals surface area contributed by atoms with Crippen molar-refractivity contribution in [1.29, 1.82) is 0 Å². The summed E-state index contributed by atoms with van der Waals surface area (Å²) in [5.41, 5.74) is 6.18. The van der Waals surface area contributed by atoms with Crippen molar-refractivity contribution in [3.8, 4) is 11.1 Å². The summed E-state index contributed by atoms with van der Waals surface area (Å²) < 4.78 is 2.10. The van der Waals surface area contributed by atoms with Gasteiger partial charge in [-0.3, -0.25) is 4.90 Å². The largest absolute Gasteiger partial charge is 0.348 e. The zero-order chi connectivity index (χ0) is 18.9. The molecule has 0 spiro atoms. The van der Waals surface area contributed by atoms with Crippen LogP contribution in [0.5, 0.6) is 0 Å². The van der Waals surface area contributed by atoms with Crippen LogP contribution in [-0.2, 0) is 20.0 Å². The molecule has 2 aromatic heterocycles. The Kier molecular flexibility index (Phi) is 4.29. The topological polar surface area (TPSA) is 49.7 Å². The van der Waals surface area contributed by atoms with E-state index < -0.39 is 0 Å². The molecule has 4 aromatic rings. The predicted molar refractivity (Wildman–Crippen MR) is 110 cm³/mol. The number of imidazole rings is 2. The maximum Gasteiger partial charge on any atom is 0.132 e. The van der Waals surface area contributed by atoms with Crippen molar-refractivity contribution in [1.82, 2.24) is 24.4 Å². The van der Waals surface area contributed by atoms with Crippen LogP contribution < -0.4 is 0 Å². The van der Waals surface area contributed by atoms with E-state index >= 15 is 0 Å². The monoisotopic (exact) mass is 369 g/mol. The Balaban J connectivity index is 1.54. The fourth-order valence-electron chi connectivity index (χ4n) is 4.20. The molecule has 0 aliphatic carbocycles. The van der Waals surface area contributed by atoms with Gasteiger partial charge in [-0.1, -0.05) is 54.6 Å². The standard InChI is InChI=1S/C23H23N5/c1-27-14-12-24-23(27)22-21-20(25-16-26-21)11-13-28(22)15-18-9-5-6-10-19(18)17-7-3-2-4-8-17/h2-10,12,14,16,22H,11,13,15H2,1H3,(H,25,26)/t22-/m1/s1. The molecule has 0 amide bonds. The Morgan fingerprint density at radius 2 is 1.86 bits per heavy atom. The maximum atomic E-state index is 4.66. The van der Waals surface area contributed by atoms with Gasteiger partial charge in [-0.05, 0) is 16.7 Å². The highest BCUT2D eigenvalue weighted by molar-refractivity contribution is 5.67. The first-order valence-corrected chi connectivity index (χ1v) is 9.68. The van der Waals surface area contributed by atoms with Crippen molar-refractivity contribution in [3.63, 3.8) is 0 Å². The van der Waals surface area contributed by atoms with E-state index in [2.05, 4.69) is 86.1 Å². The molecule has 2 aromatic carbocycles. The lowest BCUT2D eigenvalue weighted by Gasteiger charge is -2.35. The van der Waals surface area contributed by atoms with Gasteiger partial charge < -0.3 is 9.55 Å². The van der Waals surface area contributed by atoms with Crippen LogP contribution in [0.15, 0.2) is 73.3 Å². The SMILES string of the molecule is Cn1ccnc1[C@H]1c2nc[nH]c2CCN1Cc1ccccc1-c1ccccc1. The second-order valence-corrected chi connectivity index (χ2v) is 7.31. The minimum atomic E-state index is 0.0545. The Morgan fingerprint density at radius 1 is 1.04 bits per heavy atom. The van der Waals surface area contributed by atoms with Gasteiger partial charge in [0.1, 0.15) is 11.9 Å². The molecule has 140 valence electrons. The Bertz CT molecular complexity index is 1080. The maximum absolute atomic E-state index is 4.66. The molecule has 0 radical (unpaired) electrons. The van der Waals surface area contributed by atoms with Gasteiger partial charge in [0, 0.05) is 44.6 Å². The highest BCUT2D eigenvalue weighted by Gasteiger charge is 2.33. The number of nitrogens with one attached hydrogen (secondary N) is 1. The second kappa shape index (κ2) is 7.09. The van der Waals surface area contributed by atoms with Gasteiger partial charge in [0.05, 0.1) is 12.0 Å². The lowest BCUT2D eigenvalue weighted by atomic mass is 9.96. The number of aromatic nitrogens is 4. The van der Waals surface area contributed by atoms with E-state index in [0.29, 0.717) is 0 Å². The van der Waals surface area contributed by atoms with Crippen LogP contribution in [0.25, 0.3) is 11.1 Å². The molecule has 1 aliphatic rings. The summed E-state index contributed by atoms with van der Waals surface area (Å²) in [5, 5.41) is 0. The highest BCUT2D eigenvalue weighted by atomic mass is 15.2. The number of aromatic amines is 1. The van der Waals surface area contributed by atoms with Gasteiger partial charge in [-0.2, -0.15) is 0 Å². The number of nitrogens with zero attached hydrogens (tertiary/aromatic N) is 4. The van der Waals surface area contributed by atoms with Crippen molar-refractivity contribution in [2.75, 3.05) is 6.54 Å². The summed E-state index contributed by atoms with van der Waals surface area (Å²) in [6, 6.07) is 19.4.